The number of hydrogen-bond acceptors (Lipinski definition) is 3. The first-order chi connectivity index (χ1) is 13.8. The molecule has 1 aromatic heterocycles. The molecule has 0 amide bonds. The molecule has 0 radical (unpaired) electrons. The summed E-state index contributed by atoms with van der Waals surface area (Å²) in [4.78, 5) is 8.51. The number of nitrogens with zero attached hydrogens (tertiary/aromatic N) is 2. The Balaban J connectivity index is 1.53. The van der Waals surface area contributed by atoms with Gasteiger partial charge in [0, 0.05) is 5.56 Å². The summed E-state index contributed by atoms with van der Waals surface area (Å²) in [6, 6.07) is 8.77. The summed E-state index contributed by atoms with van der Waals surface area (Å²) in [5, 5.41) is 0. The zero-order chi connectivity index (χ0) is 19.6. The molecule has 0 bridgehead atoms. The second kappa shape index (κ2) is 10.9. The fraction of sp³-hybridized carbons (Fsp3) is 0.520. The molecule has 0 unspecified atom stereocenters. The standard InChI is InChI=1S/C25H32N2O/c1-3-5-6-20-7-12-22(13-8-20)23-14-9-21(10-15-23)11-16-25-26-18-24(19-27-25)28-17-4-2/h9-10,14-15,18-20,22H,3-8,12-13,17H2,1-2H3. The molecule has 1 heterocycles. The summed E-state index contributed by atoms with van der Waals surface area (Å²) < 4.78 is 5.50. The summed E-state index contributed by atoms with van der Waals surface area (Å²) in [7, 11) is 0. The van der Waals surface area contributed by atoms with Crippen LogP contribution in [0.25, 0.3) is 0 Å². The Morgan fingerprint density at radius 1 is 0.929 bits per heavy atom. The Hall–Kier alpha value is -2.34. The van der Waals surface area contributed by atoms with Crippen molar-refractivity contribution in [3.63, 3.8) is 0 Å². The highest BCUT2D eigenvalue weighted by molar-refractivity contribution is 5.40. The summed E-state index contributed by atoms with van der Waals surface area (Å²) in [6.45, 7) is 5.05. The third-order valence-electron chi connectivity index (χ3n) is 5.61. The van der Waals surface area contributed by atoms with Crippen LogP contribution in [0.5, 0.6) is 5.75 Å². The number of rotatable bonds is 7. The number of hydrogen-bond donors (Lipinski definition) is 0. The first-order valence-corrected chi connectivity index (χ1v) is 10.8. The van der Waals surface area contributed by atoms with E-state index in [1.165, 1.54) is 50.5 Å². The van der Waals surface area contributed by atoms with Crippen LogP contribution in [0, 0.1) is 17.8 Å². The first-order valence-electron chi connectivity index (χ1n) is 10.8. The van der Waals surface area contributed by atoms with Crippen LogP contribution in [-0.4, -0.2) is 16.6 Å². The Kier molecular flexibility index (Phi) is 7.91. The van der Waals surface area contributed by atoms with E-state index in [1.54, 1.807) is 12.4 Å². The molecule has 0 N–H and O–H groups in total. The van der Waals surface area contributed by atoms with Crippen molar-refractivity contribution in [3.8, 4) is 17.6 Å². The molecule has 3 nitrogen and oxygen atoms in total. The minimum atomic E-state index is 0.526. The van der Waals surface area contributed by atoms with Crippen LogP contribution in [0.3, 0.4) is 0 Å². The second-order valence-corrected chi connectivity index (χ2v) is 7.82. The Bertz CT molecular complexity index is 763. The second-order valence-electron chi connectivity index (χ2n) is 7.82. The van der Waals surface area contributed by atoms with Gasteiger partial charge in [0.2, 0.25) is 5.82 Å². The predicted molar refractivity (Wildman–Crippen MR) is 114 cm³/mol. The highest BCUT2D eigenvalue weighted by Crippen LogP contribution is 2.37. The quantitative estimate of drug-likeness (QED) is 0.545. The van der Waals surface area contributed by atoms with E-state index in [-0.39, 0.29) is 0 Å². The molecular weight excluding hydrogens is 344 g/mol. The van der Waals surface area contributed by atoms with Gasteiger partial charge in [-0.05, 0) is 67.6 Å². The van der Waals surface area contributed by atoms with E-state index < -0.39 is 0 Å². The van der Waals surface area contributed by atoms with Gasteiger partial charge in [-0.1, -0.05) is 51.2 Å². The van der Waals surface area contributed by atoms with E-state index in [0.29, 0.717) is 18.2 Å². The van der Waals surface area contributed by atoms with Crippen LogP contribution >= 0.6 is 0 Å². The third-order valence-corrected chi connectivity index (χ3v) is 5.61. The maximum Gasteiger partial charge on any atom is 0.205 e. The highest BCUT2D eigenvalue weighted by atomic mass is 16.5. The molecule has 0 spiro atoms. The predicted octanol–water partition coefficient (Wildman–Crippen LogP) is 6.13. The third kappa shape index (κ3) is 6.09. The molecule has 2 aromatic rings. The SMILES string of the molecule is CCCCC1CCC(c2ccc(C#Cc3ncc(OCCC)cn3)cc2)CC1. The molecule has 1 aliphatic rings. The average molecular weight is 377 g/mol. The molecule has 0 saturated heterocycles. The fourth-order valence-electron chi connectivity index (χ4n) is 3.92. The number of aromatic nitrogens is 2. The van der Waals surface area contributed by atoms with Crippen LogP contribution in [-0.2, 0) is 0 Å². The Morgan fingerprint density at radius 3 is 2.29 bits per heavy atom. The lowest BCUT2D eigenvalue weighted by Crippen LogP contribution is -2.13. The average Bonchev–Trinajstić information content (AvgIpc) is 2.76. The minimum Gasteiger partial charge on any atom is -0.490 e. The van der Waals surface area contributed by atoms with Gasteiger partial charge in [-0.2, -0.15) is 0 Å². The van der Waals surface area contributed by atoms with Crippen LogP contribution in [0.15, 0.2) is 36.7 Å². The van der Waals surface area contributed by atoms with Gasteiger partial charge in [0.1, 0.15) is 0 Å². The van der Waals surface area contributed by atoms with E-state index in [2.05, 4.69) is 59.9 Å². The number of benzene rings is 1. The molecule has 148 valence electrons. The van der Waals surface area contributed by atoms with E-state index in [9.17, 15) is 0 Å². The van der Waals surface area contributed by atoms with Gasteiger partial charge in [0.15, 0.2) is 5.75 Å². The monoisotopic (exact) mass is 376 g/mol. The largest absolute Gasteiger partial charge is 0.490 e. The minimum absolute atomic E-state index is 0.526. The lowest BCUT2D eigenvalue weighted by atomic mass is 9.77. The summed E-state index contributed by atoms with van der Waals surface area (Å²) in [5.74, 6) is 9.11. The van der Waals surface area contributed by atoms with Crippen molar-refractivity contribution >= 4 is 0 Å². The molecule has 1 fully saturated rings. The maximum absolute atomic E-state index is 5.50. The molecule has 28 heavy (non-hydrogen) atoms. The van der Waals surface area contributed by atoms with E-state index >= 15 is 0 Å². The number of ether oxygens (including phenoxy) is 1. The van der Waals surface area contributed by atoms with Gasteiger partial charge in [0.05, 0.1) is 19.0 Å². The van der Waals surface area contributed by atoms with Crippen molar-refractivity contribution in [1.29, 1.82) is 0 Å². The van der Waals surface area contributed by atoms with E-state index in [0.717, 1.165) is 23.8 Å². The van der Waals surface area contributed by atoms with Crippen molar-refractivity contribution in [2.75, 3.05) is 6.61 Å². The van der Waals surface area contributed by atoms with Gasteiger partial charge in [-0.3, -0.25) is 0 Å². The number of unbranched alkanes of at least 4 members (excludes halogenated alkanes) is 1. The summed E-state index contributed by atoms with van der Waals surface area (Å²) in [5.41, 5.74) is 2.48. The van der Waals surface area contributed by atoms with Gasteiger partial charge in [-0.25, -0.2) is 9.97 Å². The summed E-state index contributed by atoms with van der Waals surface area (Å²) >= 11 is 0. The van der Waals surface area contributed by atoms with Crippen LogP contribution in [0.1, 0.15) is 88.1 Å². The zero-order valence-electron chi connectivity index (χ0n) is 17.3. The zero-order valence-corrected chi connectivity index (χ0v) is 17.3. The topological polar surface area (TPSA) is 35.0 Å². The normalized spacial score (nSPS) is 18.9. The molecule has 0 aliphatic heterocycles. The van der Waals surface area contributed by atoms with Crippen LogP contribution in [0.2, 0.25) is 0 Å². The van der Waals surface area contributed by atoms with Crippen LogP contribution in [0.4, 0.5) is 0 Å². The molecule has 1 saturated carbocycles. The molecule has 0 atom stereocenters. The smallest absolute Gasteiger partial charge is 0.205 e. The summed E-state index contributed by atoms with van der Waals surface area (Å²) in [6.07, 6.45) is 13.9. The Labute approximate surface area is 170 Å². The molecule has 1 aliphatic carbocycles. The Morgan fingerprint density at radius 2 is 1.64 bits per heavy atom. The van der Waals surface area contributed by atoms with Crippen molar-refractivity contribution in [2.24, 2.45) is 5.92 Å². The molecule has 3 rings (SSSR count). The van der Waals surface area contributed by atoms with Crippen molar-refractivity contribution < 1.29 is 4.74 Å². The fourth-order valence-corrected chi connectivity index (χ4v) is 3.92. The van der Waals surface area contributed by atoms with Crippen molar-refractivity contribution in [2.45, 2.75) is 71.1 Å². The van der Waals surface area contributed by atoms with Crippen molar-refractivity contribution in [3.05, 3.63) is 53.6 Å². The van der Waals surface area contributed by atoms with E-state index in [4.69, 9.17) is 4.74 Å². The van der Waals surface area contributed by atoms with Gasteiger partial charge < -0.3 is 4.74 Å². The van der Waals surface area contributed by atoms with Gasteiger partial charge in [-0.15, -0.1) is 0 Å². The first kappa shape index (κ1) is 20.4. The lowest BCUT2D eigenvalue weighted by Gasteiger charge is -2.28. The van der Waals surface area contributed by atoms with Gasteiger partial charge in [0.25, 0.3) is 0 Å². The highest BCUT2D eigenvalue weighted by Gasteiger charge is 2.21. The van der Waals surface area contributed by atoms with Crippen LogP contribution < -0.4 is 4.74 Å². The molecule has 1 aromatic carbocycles. The van der Waals surface area contributed by atoms with Gasteiger partial charge >= 0.3 is 0 Å². The molecular formula is C25H32N2O. The maximum atomic E-state index is 5.50. The van der Waals surface area contributed by atoms with Crippen molar-refractivity contribution in [1.82, 2.24) is 9.97 Å². The molecule has 3 heteroatoms. The lowest BCUT2D eigenvalue weighted by molar-refractivity contribution is 0.304. The van der Waals surface area contributed by atoms with E-state index in [1.807, 2.05) is 0 Å².